The van der Waals surface area contributed by atoms with E-state index in [-0.39, 0.29) is 23.3 Å². The predicted molar refractivity (Wildman–Crippen MR) is 107 cm³/mol. The maximum Gasteiger partial charge on any atom is 0.573 e. The summed E-state index contributed by atoms with van der Waals surface area (Å²) < 4.78 is 40.7. The van der Waals surface area contributed by atoms with Crippen LogP contribution in [0, 0.1) is 5.92 Å². The molecule has 5 atom stereocenters. The number of fused-ring (bicyclic) bond motifs is 1. The van der Waals surface area contributed by atoms with Crippen molar-refractivity contribution in [3.63, 3.8) is 0 Å². The van der Waals surface area contributed by atoms with Crippen molar-refractivity contribution in [3.05, 3.63) is 36.9 Å². The lowest BCUT2D eigenvalue weighted by atomic mass is 9.80. The van der Waals surface area contributed by atoms with Crippen LogP contribution in [-0.2, 0) is 4.79 Å². The molecule has 0 aromatic heterocycles. The average Bonchev–Trinajstić information content (AvgIpc) is 3.08. The summed E-state index contributed by atoms with van der Waals surface area (Å²) in [6.45, 7) is 3.97. The molecule has 1 amide bonds. The molecule has 7 nitrogen and oxygen atoms in total. The number of nitrogens with zero attached hydrogens (tertiary/aromatic N) is 2. The molecule has 1 fully saturated rings. The molecule has 164 valence electrons. The van der Waals surface area contributed by atoms with Crippen LogP contribution in [0.15, 0.2) is 41.9 Å². The number of hydrogen-bond acceptors (Lipinski definition) is 7. The molecule has 1 saturated carbocycles. The number of aliphatic hydroxyl groups is 2. The van der Waals surface area contributed by atoms with Crippen LogP contribution in [0.3, 0.4) is 0 Å². The van der Waals surface area contributed by atoms with Gasteiger partial charge in [-0.2, -0.15) is 0 Å². The summed E-state index contributed by atoms with van der Waals surface area (Å²) in [5.41, 5.74) is 0.469. The molecule has 1 aliphatic carbocycles. The molecule has 30 heavy (non-hydrogen) atoms. The number of alkyl halides is 3. The number of halogens is 3. The number of nitrogens with one attached hydrogen (secondary N) is 1. The van der Waals surface area contributed by atoms with E-state index < -0.39 is 30.5 Å². The first-order valence-electron chi connectivity index (χ1n) is 9.18. The minimum Gasteiger partial charge on any atom is -0.406 e. The fourth-order valence-electron chi connectivity index (χ4n) is 3.52. The first kappa shape index (κ1) is 22.4. The zero-order valence-electron chi connectivity index (χ0n) is 16.0. The number of rotatable bonds is 5. The number of ether oxygens (including phenoxy) is 1. The van der Waals surface area contributed by atoms with Gasteiger partial charge in [0.05, 0.1) is 18.1 Å². The van der Waals surface area contributed by atoms with Crippen molar-refractivity contribution in [1.29, 1.82) is 0 Å². The van der Waals surface area contributed by atoms with E-state index in [1.165, 1.54) is 28.8 Å². The van der Waals surface area contributed by atoms with Gasteiger partial charge in [-0.05, 0) is 30.7 Å². The normalized spacial score (nSPS) is 28.3. The number of aliphatic imine (C=N–C) groups is 1. The largest absolute Gasteiger partial charge is 0.573 e. The Balaban J connectivity index is 1.71. The van der Waals surface area contributed by atoms with Crippen molar-refractivity contribution in [2.45, 2.75) is 36.3 Å². The average molecular weight is 445 g/mol. The molecule has 1 heterocycles. The highest BCUT2D eigenvalue weighted by molar-refractivity contribution is 8.15. The number of hydrogen-bond donors (Lipinski definition) is 3. The van der Waals surface area contributed by atoms with Crippen molar-refractivity contribution >= 4 is 28.5 Å². The third kappa shape index (κ3) is 5.08. The summed E-state index contributed by atoms with van der Waals surface area (Å²) in [6.07, 6.45) is -5.26. The summed E-state index contributed by atoms with van der Waals surface area (Å²) in [4.78, 5) is 18.7. The van der Waals surface area contributed by atoms with Gasteiger partial charge in [-0.25, -0.2) is 0 Å². The number of carbonyl (C=O) groups excluding carboxylic acids is 1. The van der Waals surface area contributed by atoms with Gasteiger partial charge in [-0.15, -0.1) is 19.8 Å². The van der Waals surface area contributed by atoms with Crippen LogP contribution in [0.2, 0.25) is 0 Å². The lowest BCUT2D eigenvalue weighted by Gasteiger charge is -2.38. The first-order chi connectivity index (χ1) is 14.1. The van der Waals surface area contributed by atoms with Gasteiger partial charge in [-0.1, -0.05) is 17.8 Å². The second kappa shape index (κ2) is 8.86. The highest BCUT2D eigenvalue weighted by Crippen LogP contribution is 2.42. The van der Waals surface area contributed by atoms with Gasteiger partial charge in [0.25, 0.3) is 0 Å². The van der Waals surface area contributed by atoms with Crippen molar-refractivity contribution < 1.29 is 32.9 Å². The zero-order chi connectivity index (χ0) is 22.1. The maximum absolute atomic E-state index is 12.8. The summed E-state index contributed by atoms with van der Waals surface area (Å²) in [5.74, 6) is -1.07. The number of amidine groups is 1. The SMILES string of the molecule is C=CCN(C)C(=O)[C@H]1C[C@@H](O)[C@H](O)[C@@H]2N=C(Nc3ccc(OC(F)(F)F)cc3)S[C@@H]21. The molecule has 0 unspecified atom stereocenters. The van der Waals surface area contributed by atoms with Gasteiger partial charge >= 0.3 is 6.36 Å². The van der Waals surface area contributed by atoms with E-state index in [1.807, 2.05) is 0 Å². The predicted octanol–water partition coefficient (Wildman–Crippen LogP) is 2.22. The molecule has 3 rings (SSSR count). The Hall–Kier alpha value is -2.24. The lowest BCUT2D eigenvalue weighted by Crippen LogP contribution is -2.54. The highest BCUT2D eigenvalue weighted by atomic mass is 32.2. The topological polar surface area (TPSA) is 94.4 Å². The summed E-state index contributed by atoms with van der Waals surface area (Å²) in [7, 11) is 1.64. The molecular formula is C19H22F3N3O4S. The number of anilines is 1. The standard InChI is InChI=1S/C19H22F3N3O4S/c1-3-8-25(2)17(28)12-9-13(26)15(27)14-16(12)30-18(24-14)23-10-4-6-11(7-5-10)29-19(20,21)22/h3-7,12-16,26-27H,1,8-9H2,2H3,(H,23,24)/t12-,13+,14-,15-,16+/m0/s1. The maximum atomic E-state index is 12.8. The van der Waals surface area contributed by atoms with Gasteiger partial charge < -0.3 is 25.2 Å². The van der Waals surface area contributed by atoms with Crippen molar-refractivity contribution in [2.24, 2.45) is 10.9 Å². The monoisotopic (exact) mass is 445 g/mol. The van der Waals surface area contributed by atoms with Crippen LogP contribution >= 0.6 is 11.8 Å². The number of carbonyl (C=O) groups is 1. The second-order valence-electron chi connectivity index (χ2n) is 7.11. The fraction of sp³-hybridized carbons (Fsp3) is 0.474. The van der Waals surface area contributed by atoms with Gasteiger partial charge in [0.2, 0.25) is 5.91 Å². The fourth-order valence-corrected chi connectivity index (χ4v) is 4.89. The minimum atomic E-state index is -4.77. The van der Waals surface area contributed by atoms with Crippen molar-refractivity contribution in [1.82, 2.24) is 4.90 Å². The molecule has 1 aliphatic heterocycles. The van der Waals surface area contributed by atoms with Crippen LogP contribution < -0.4 is 10.1 Å². The lowest BCUT2D eigenvalue weighted by molar-refractivity contribution is -0.274. The molecule has 11 heteroatoms. The molecule has 0 radical (unpaired) electrons. The van der Waals surface area contributed by atoms with E-state index in [0.29, 0.717) is 17.4 Å². The number of amides is 1. The number of aliphatic hydroxyl groups excluding tert-OH is 2. The van der Waals surface area contributed by atoms with Gasteiger partial charge in [0.15, 0.2) is 5.17 Å². The summed E-state index contributed by atoms with van der Waals surface area (Å²) >= 11 is 1.26. The number of thioether (sulfide) groups is 1. The van der Waals surface area contributed by atoms with Gasteiger partial charge in [0, 0.05) is 24.5 Å². The van der Waals surface area contributed by atoms with Gasteiger partial charge in [-0.3, -0.25) is 9.79 Å². The van der Waals surface area contributed by atoms with E-state index in [2.05, 4.69) is 21.6 Å². The Labute approximate surface area is 175 Å². The molecule has 0 saturated heterocycles. The van der Waals surface area contributed by atoms with Gasteiger partial charge in [0.1, 0.15) is 11.9 Å². The summed E-state index contributed by atoms with van der Waals surface area (Å²) in [6, 6.07) is 4.45. The second-order valence-corrected chi connectivity index (χ2v) is 8.28. The van der Waals surface area contributed by atoms with E-state index in [9.17, 15) is 28.2 Å². The Morgan fingerprint density at radius 3 is 2.67 bits per heavy atom. The third-order valence-corrected chi connectivity index (χ3v) is 6.23. The van der Waals surface area contributed by atoms with E-state index in [0.717, 1.165) is 12.1 Å². The van der Waals surface area contributed by atoms with Crippen LogP contribution in [0.25, 0.3) is 0 Å². The molecular weight excluding hydrogens is 423 g/mol. The molecule has 3 N–H and O–H groups in total. The Morgan fingerprint density at radius 1 is 1.40 bits per heavy atom. The Morgan fingerprint density at radius 2 is 2.07 bits per heavy atom. The molecule has 2 aliphatic rings. The number of benzene rings is 1. The zero-order valence-corrected chi connectivity index (χ0v) is 16.9. The van der Waals surface area contributed by atoms with E-state index in [4.69, 9.17) is 0 Å². The summed E-state index contributed by atoms with van der Waals surface area (Å²) in [5, 5.41) is 23.6. The molecule has 1 aromatic rings. The smallest absolute Gasteiger partial charge is 0.406 e. The Bertz CT molecular complexity index is 818. The van der Waals surface area contributed by atoms with E-state index in [1.54, 1.807) is 13.1 Å². The Kier molecular flexibility index (Phi) is 6.63. The van der Waals surface area contributed by atoms with E-state index >= 15 is 0 Å². The third-order valence-electron chi connectivity index (χ3n) is 4.92. The van der Waals surface area contributed by atoms with Crippen LogP contribution in [0.1, 0.15) is 6.42 Å². The molecule has 1 aromatic carbocycles. The minimum absolute atomic E-state index is 0.113. The van der Waals surface area contributed by atoms with Crippen molar-refractivity contribution in [3.8, 4) is 5.75 Å². The number of likely N-dealkylation sites (N-methyl/N-ethyl adjacent to an activating group) is 1. The van der Waals surface area contributed by atoms with Crippen LogP contribution in [0.5, 0.6) is 5.75 Å². The molecule has 0 spiro atoms. The highest BCUT2D eigenvalue weighted by Gasteiger charge is 2.50. The van der Waals surface area contributed by atoms with Crippen molar-refractivity contribution in [2.75, 3.05) is 18.9 Å². The van der Waals surface area contributed by atoms with Crippen LogP contribution in [0.4, 0.5) is 18.9 Å². The quantitative estimate of drug-likeness (QED) is 0.602. The van der Waals surface area contributed by atoms with Crippen LogP contribution in [-0.4, -0.2) is 69.6 Å². The first-order valence-corrected chi connectivity index (χ1v) is 10.1. The molecule has 0 bridgehead atoms.